The van der Waals surface area contributed by atoms with Crippen molar-refractivity contribution in [1.82, 2.24) is 24.3 Å². The first-order valence-corrected chi connectivity index (χ1v) is 18.9. The van der Waals surface area contributed by atoms with Crippen molar-refractivity contribution in [1.29, 1.82) is 0 Å². The van der Waals surface area contributed by atoms with Crippen LogP contribution in [0.4, 0.5) is 0 Å². The average Bonchev–Trinajstić information content (AvgIpc) is 3.66. The molecule has 10 rings (SSSR count). The second-order valence-corrected chi connectivity index (χ2v) is 14.1. The van der Waals surface area contributed by atoms with E-state index < -0.39 is 0 Å². The van der Waals surface area contributed by atoms with E-state index in [0.717, 1.165) is 36.3 Å². The van der Waals surface area contributed by atoms with Crippen LogP contribution in [0.2, 0.25) is 0 Å². The van der Waals surface area contributed by atoms with Crippen LogP contribution in [0.3, 0.4) is 0 Å². The lowest BCUT2D eigenvalue weighted by atomic mass is 9.94. The fourth-order valence-corrected chi connectivity index (χ4v) is 7.10. The van der Waals surface area contributed by atoms with Crippen molar-refractivity contribution in [3.05, 3.63) is 200 Å². The van der Waals surface area contributed by atoms with E-state index >= 15 is 0 Å². The summed E-state index contributed by atoms with van der Waals surface area (Å²) in [5.41, 5.74) is 4.65. The Hall–Kier alpha value is -8.32. The molecule has 13 heteroatoms. The molecule has 0 unspecified atom stereocenters. The van der Waals surface area contributed by atoms with Gasteiger partial charge in [0.1, 0.15) is 0 Å². The molecule has 7 aromatic rings. The van der Waals surface area contributed by atoms with Crippen LogP contribution < -0.4 is 11.2 Å². The lowest BCUT2D eigenvalue weighted by Crippen LogP contribution is -2.36. The normalized spacial score (nSPS) is 14.1. The molecule has 6 amide bonds. The van der Waals surface area contributed by atoms with Crippen LogP contribution in [0.15, 0.2) is 155 Å². The predicted octanol–water partition coefficient (Wildman–Crippen LogP) is 5.80. The molecule has 0 bridgehead atoms. The number of hydrogen-bond acceptors (Lipinski definition) is 8. The highest BCUT2D eigenvalue weighted by atomic mass is 16.2. The minimum Gasteiger partial charge on any atom is -0.307 e. The van der Waals surface area contributed by atoms with Crippen LogP contribution in [0.1, 0.15) is 52.6 Å². The zero-order valence-corrected chi connectivity index (χ0v) is 33.4. The monoisotopic (exact) mass is 811 g/mol. The minimum atomic E-state index is -0.385. The Balaban J connectivity index is 0.000000125. The molecule has 1 aromatic heterocycles. The molecule has 0 fully saturated rings. The van der Waals surface area contributed by atoms with Gasteiger partial charge >= 0.3 is 5.69 Å². The molecule has 0 radical (unpaired) electrons. The summed E-state index contributed by atoms with van der Waals surface area (Å²) in [6.45, 7) is 0. The van der Waals surface area contributed by atoms with E-state index in [4.69, 9.17) is 0 Å². The van der Waals surface area contributed by atoms with E-state index in [1.165, 1.54) is 33.1 Å². The Labute approximate surface area is 348 Å². The van der Waals surface area contributed by atoms with Gasteiger partial charge in [0.05, 0.1) is 33.2 Å². The molecule has 0 spiro atoms. The smallest absolute Gasteiger partial charge is 0.307 e. The number of aromatic amines is 1. The van der Waals surface area contributed by atoms with Gasteiger partial charge in [0.2, 0.25) is 0 Å². The first-order valence-electron chi connectivity index (χ1n) is 18.9. The van der Waals surface area contributed by atoms with Gasteiger partial charge in [-0.25, -0.2) is 4.79 Å². The Morgan fingerprint density at radius 2 is 0.754 bits per heavy atom. The third kappa shape index (κ3) is 7.58. The molecule has 4 heterocycles. The number of hydrogen-bond donors (Lipinski definition) is 1. The number of nitrogens with one attached hydrogen (secondary N) is 1. The van der Waals surface area contributed by atoms with Crippen molar-refractivity contribution >= 4 is 68.3 Å². The number of aromatic nitrogens is 2. The topological polar surface area (TPSA) is 167 Å². The van der Waals surface area contributed by atoms with Gasteiger partial charge in [0.25, 0.3) is 41.0 Å². The SMILES string of the molecule is CN1C(=O)C(c2ccccc2)=C(c2ccccc2)C1=O.CN1C(=O)c2cccc3cccc(c23)C1=O.CN1C(=O)c2ccccc2C1=O.Cn1c(=O)[nH]c2ccccc2c1=O. The molecular weight excluding hydrogens is 775 g/mol. The number of likely N-dealkylation sites (N-methyl/N-ethyl adjacent to an activating group) is 1. The highest BCUT2D eigenvalue weighted by molar-refractivity contribution is 6.48. The molecular formula is C48H37N5O8. The molecule has 0 aliphatic carbocycles. The van der Waals surface area contributed by atoms with Crippen LogP contribution in [-0.4, -0.2) is 80.8 Å². The van der Waals surface area contributed by atoms with Gasteiger partial charge in [-0.15, -0.1) is 0 Å². The minimum absolute atomic E-state index is 0.212. The van der Waals surface area contributed by atoms with Crippen molar-refractivity contribution < 1.29 is 28.8 Å². The standard InChI is InChI=1S/C17H13NO2.C13H9NO2.C9H8N2O2.C9H7NO2/c1-18-16(19)14(12-8-4-2-5-9-12)15(17(18)20)13-10-6-3-7-11-13;1-14-12(15)9-6-2-4-8-5-3-7-10(11(8)9)13(14)16;1-11-8(12)6-4-2-3-5-7(6)10-9(11)13;1-10-8(11)6-4-2-3-5-7(6)9(10)12/h2-11H,1H3;2-7H,1H3;2-5H,1H3,(H,10,13);2-5H,1H3. The van der Waals surface area contributed by atoms with Crippen molar-refractivity contribution in [2.75, 3.05) is 21.1 Å². The fourth-order valence-electron chi connectivity index (χ4n) is 7.10. The number of benzene rings is 6. The quantitative estimate of drug-likeness (QED) is 0.214. The Bertz CT molecular complexity index is 2950. The lowest BCUT2D eigenvalue weighted by molar-refractivity contribution is -0.134. The van der Waals surface area contributed by atoms with E-state index in [-0.39, 0.29) is 46.7 Å². The zero-order chi connectivity index (χ0) is 43.5. The van der Waals surface area contributed by atoms with Crippen LogP contribution in [0.25, 0.3) is 32.8 Å². The van der Waals surface area contributed by atoms with Crippen molar-refractivity contribution in [2.24, 2.45) is 7.05 Å². The maximum atomic E-state index is 12.3. The van der Waals surface area contributed by atoms with Gasteiger partial charge < -0.3 is 4.98 Å². The highest BCUT2D eigenvalue weighted by Crippen LogP contribution is 2.34. The Morgan fingerprint density at radius 3 is 1.23 bits per heavy atom. The first kappa shape index (κ1) is 40.9. The van der Waals surface area contributed by atoms with Gasteiger partial charge in [-0.3, -0.25) is 52.8 Å². The van der Waals surface area contributed by atoms with Gasteiger partial charge in [-0.2, -0.15) is 0 Å². The third-order valence-corrected chi connectivity index (χ3v) is 10.4. The van der Waals surface area contributed by atoms with Gasteiger partial charge in [-0.1, -0.05) is 109 Å². The van der Waals surface area contributed by atoms with Crippen molar-refractivity contribution in [3.8, 4) is 0 Å². The molecule has 61 heavy (non-hydrogen) atoms. The molecule has 0 saturated carbocycles. The molecule has 0 saturated heterocycles. The molecule has 0 atom stereocenters. The lowest BCUT2D eigenvalue weighted by Gasteiger charge is -2.23. The fraction of sp³-hybridized carbons (Fsp3) is 0.0833. The zero-order valence-electron chi connectivity index (χ0n) is 33.4. The Morgan fingerprint density at radius 1 is 0.377 bits per heavy atom. The van der Waals surface area contributed by atoms with Gasteiger partial charge in [0, 0.05) is 44.7 Å². The number of carbonyl (C=O) groups excluding carboxylic acids is 6. The number of carbonyl (C=O) groups is 6. The van der Waals surface area contributed by atoms with E-state index in [9.17, 15) is 38.4 Å². The van der Waals surface area contributed by atoms with Crippen LogP contribution in [0.5, 0.6) is 0 Å². The second-order valence-electron chi connectivity index (χ2n) is 14.1. The van der Waals surface area contributed by atoms with Gasteiger partial charge in [-0.05, 0) is 52.9 Å². The van der Waals surface area contributed by atoms with E-state index in [1.807, 2.05) is 84.9 Å². The maximum absolute atomic E-state index is 12.3. The van der Waals surface area contributed by atoms with Crippen molar-refractivity contribution in [3.63, 3.8) is 0 Å². The summed E-state index contributed by atoms with van der Waals surface area (Å²) in [5.74, 6) is -1.38. The third-order valence-electron chi connectivity index (χ3n) is 10.4. The summed E-state index contributed by atoms with van der Waals surface area (Å²) >= 11 is 0. The highest BCUT2D eigenvalue weighted by Gasteiger charge is 2.37. The summed E-state index contributed by atoms with van der Waals surface area (Å²) in [6, 6.07) is 43.4. The van der Waals surface area contributed by atoms with Crippen LogP contribution in [-0.2, 0) is 16.6 Å². The van der Waals surface area contributed by atoms with E-state index in [2.05, 4.69) is 4.98 Å². The first-order chi connectivity index (χ1) is 29.3. The van der Waals surface area contributed by atoms with Gasteiger partial charge in [0.15, 0.2) is 0 Å². The average molecular weight is 812 g/mol. The van der Waals surface area contributed by atoms with Crippen LogP contribution in [0, 0.1) is 0 Å². The summed E-state index contributed by atoms with van der Waals surface area (Å²) < 4.78 is 1.06. The molecule has 6 aromatic carbocycles. The summed E-state index contributed by atoms with van der Waals surface area (Å²) in [7, 11) is 5.97. The maximum Gasteiger partial charge on any atom is 0.328 e. The van der Waals surface area contributed by atoms with Crippen molar-refractivity contribution in [2.45, 2.75) is 0 Å². The summed E-state index contributed by atoms with van der Waals surface area (Å²) in [4.78, 5) is 99.9. The number of para-hydroxylation sites is 1. The molecule has 13 nitrogen and oxygen atoms in total. The molecule has 1 N–H and O–H groups in total. The summed E-state index contributed by atoms with van der Waals surface area (Å²) in [6.07, 6.45) is 0. The molecule has 3 aliphatic rings. The molecule has 302 valence electrons. The number of fused-ring (bicyclic) bond motifs is 2. The predicted molar refractivity (Wildman–Crippen MR) is 231 cm³/mol. The second kappa shape index (κ2) is 16.9. The largest absolute Gasteiger partial charge is 0.328 e. The van der Waals surface area contributed by atoms with Crippen LogP contribution >= 0.6 is 0 Å². The number of rotatable bonds is 2. The number of nitrogens with zero attached hydrogens (tertiary/aromatic N) is 4. The van der Waals surface area contributed by atoms with E-state index in [0.29, 0.717) is 44.3 Å². The van der Waals surface area contributed by atoms with E-state index in [1.54, 1.807) is 60.7 Å². The number of H-pyrrole nitrogens is 1. The Kier molecular flexibility index (Phi) is 11.3. The number of amides is 6. The number of imide groups is 3. The molecule has 3 aliphatic heterocycles. The summed E-state index contributed by atoms with van der Waals surface area (Å²) in [5, 5.41) is 2.24.